The van der Waals surface area contributed by atoms with Crippen molar-refractivity contribution in [2.24, 2.45) is 0 Å². The molecule has 0 saturated carbocycles. The molecular weight excluding hydrogens is 212 g/mol. The topological polar surface area (TPSA) is 25.2 Å². The summed E-state index contributed by atoms with van der Waals surface area (Å²) in [5, 5.41) is 2.99. The standard InChI is InChI=1S/C12H13F2NO/c1-7(15-2)3-8-4-9(13)12-10(14)6-16-11(12)5-8/h4-7,15H,3H2,1-2H3/t7-/m1/s1. The van der Waals surface area contributed by atoms with Gasteiger partial charge in [-0.1, -0.05) is 0 Å². The van der Waals surface area contributed by atoms with Crippen molar-refractivity contribution >= 4 is 11.0 Å². The van der Waals surface area contributed by atoms with Crippen molar-refractivity contribution in [2.75, 3.05) is 7.05 Å². The van der Waals surface area contributed by atoms with E-state index in [1.807, 2.05) is 14.0 Å². The van der Waals surface area contributed by atoms with Crippen LogP contribution in [0.3, 0.4) is 0 Å². The number of nitrogens with one attached hydrogen (secondary N) is 1. The van der Waals surface area contributed by atoms with Gasteiger partial charge in [0.1, 0.15) is 17.7 Å². The number of benzene rings is 1. The van der Waals surface area contributed by atoms with E-state index in [0.717, 1.165) is 11.8 Å². The van der Waals surface area contributed by atoms with Crippen LogP contribution < -0.4 is 5.32 Å². The van der Waals surface area contributed by atoms with Crippen LogP contribution >= 0.6 is 0 Å². The molecule has 1 N–H and O–H groups in total. The lowest BCUT2D eigenvalue weighted by Crippen LogP contribution is -2.23. The number of fused-ring (bicyclic) bond motifs is 1. The maximum absolute atomic E-state index is 13.6. The summed E-state index contributed by atoms with van der Waals surface area (Å²) in [5.41, 5.74) is 1.05. The molecule has 2 aromatic rings. The van der Waals surface area contributed by atoms with Gasteiger partial charge in [0.05, 0.1) is 5.39 Å². The minimum atomic E-state index is -0.652. The predicted octanol–water partition coefficient (Wildman–Crippen LogP) is 2.86. The molecule has 0 aliphatic carbocycles. The fourth-order valence-electron chi connectivity index (χ4n) is 1.71. The number of furan rings is 1. The van der Waals surface area contributed by atoms with E-state index in [1.54, 1.807) is 6.07 Å². The van der Waals surface area contributed by atoms with Crippen molar-refractivity contribution in [2.45, 2.75) is 19.4 Å². The van der Waals surface area contributed by atoms with Crippen LogP contribution in [-0.4, -0.2) is 13.1 Å². The van der Waals surface area contributed by atoms with E-state index >= 15 is 0 Å². The third-order valence-corrected chi connectivity index (χ3v) is 2.68. The lowest BCUT2D eigenvalue weighted by atomic mass is 10.1. The third-order valence-electron chi connectivity index (χ3n) is 2.68. The van der Waals surface area contributed by atoms with Gasteiger partial charge >= 0.3 is 0 Å². The molecule has 2 rings (SSSR count). The van der Waals surface area contributed by atoms with E-state index in [1.165, 1.54) is 6.07 Å². The molecule has 0 spiro atoms. The van der Waals surface area contributed by atoms with E-state index in [0.29, 0.717) is 6.42 Å². The second kappa shape index (κ2) is 4.22. The molecule has 1 atom stereocenters. The monoisotopic (exact) mass is 225 g/mol. The predicted molar refractivity (Wildman–Crippen MR) is 58.4 cm³/mol. The SMILES string of the molecule is CN[C@H](C)Cc1cc(F)c2c(F)coc2c1. The maximum atomic E-state index is 13.6. The van der Waals surface area contributed by atoms with E-state index in [-0.39, 0.29) is 17.0 Å². The molecule has 0 radical (unpaired) electrons. The van der Waals surface area contributed by atoms with Gasteiger partial charge in [-0.15, -0.1) is 0 Å². The molecule has 4 heteroatoms. The van der Waals surface area contributed by atoms with Gasteiger partial charge in [0, 0.05) is 6.04 Å². The Balaban J connectivity index is 2.42. The molecule has 1 aromatic carbocycles. The summed E-state index contributed by atoms with van der Waals surface area (Å²) >= 11 is 0. The average molecular weight is 225 g/mol. The van der Waals surface area contributed by atoms with Crippen molar-refractivity contribution in [3.05, 3.63) is 35.6 Å². The van der Waals surface area contributed by atoms with Crippen LogP contribution in [0.2, 0.25) is 0 Å². The van der Waals surface area contributed by atoms with Crippen LogP contribution in [0.15, 0.2) is 22.8 Å². The highest BCUT2D eigenvalue weighted by Crippen LogP contribution is 2.25. The van der Waals surface area contributed by atoms with Crippen molar-refractivity contribution in [3.8, 4) is 0 Å². The fourth-order valence-corrected chi connectivity index (χ4v) is 1.71. The highest BCUT2D eigenvalue weighted by molar-refractivity contribution is 5.79. The lowest BCUT2D eigenvalue weighted by molar-refractivity contribution is 0.557. The van der Waals surface area contributed by atoms with E-state index in [9.17, 15) is 8.78 Å². The van der Waals surface area contributed by atoms with Crippen molar-refractivity contribution in [1.29, 1.82) is 0 Å². The van der Waals surface area contributed by atoms with Crippen molar-refractivity contribution < 1.29 is 13.2 Å². The molecule has 1 aromatic heterocycles. The van der Waals surface area contributed by atoms with Crippen LogP contribution in [-0.2, 0) is 6.42 Å². The van der Waals surface area contributed by atoms with Gasteiger partial charge in [-0.05, 0) is 38.1 Å². The second-order valence-corrected chi connectivity index (χ2v) is 3.93. The summed E-state index contributed by atoms with van der Waals surface area (Å²) < 4.78 is 31.6. The van der Waals surface area contributed by atoms with Gasteiger partial charge < -0.3 is 9.73 Å². The first-order valence-electron chi connectivity index (χ1n) is 5.14. The Kier molecular flexibility index (Phi) is 2.92. The Hall–Kier alpha value is -1.42. The third kappa shape index (κ3) is 1.93. The molecule has 0 aliphatic heterocycles. The molecule has 2 nitrogen and oxygen atoms in total. The Morgan fingerprint density at radius 3 is 2.75 bits per heavy atom. The largest absolute Gasteiger partial charge is 0.461 e. The molecule has 0 bridgehead atoms. The van der Waals surface area contributed by atoms with Crippen molar-refractivity contribution in [1.82, 2.24) is 5.32 Å². The van der Waals surface area contributed by atoms with Crippen LogP contribution in [0.4, 0.5) is 8.78 Å². The second-order valence-electron chi connectivity index (χ2n) is 3.93. The van der Waals surface area contributed by atoms with E-state index in [4.69, 9.17) is 4.42 Å². The fraction of sp³-hybridized carbons (Fsp3) is 0.333. The zero-order chi connectivity index (χ0) is 11.7. The number of rotatable bonds is 3. The van der Waals surface area contributed by atoms with Crippen LogP contribution in [0, 0.1) is 11.6 Å². The van der Waals surface area contributed by atoms with Crippen LogP contribution in [0.1, 0.15) is 12.5 Å². The normalized spacial score (nSPS) is 13.2. The number of halogens is 2. The molecule has 16 heavy (non-hydrogen) atoms. The molecule has 0 fully saturated rings. The zero-order valence-corrected chi connectivity index (χ0v) is 9.18. The molecule has 0 unspecified atom stereocenters. The summed E-state index contributed by atoms with van der Waals surface area (Å²) in [6.07, 6.45) is 1.60. The summed E-state index contributed by atoms with van der Waals surface area (Å²) in [6.45, 7) is 1.99. The van der Waals surface area contributed by atoms with Crippen LogP contribution in [0.5, 0.6) is 0 Å². The van der Waals surface area contributed by atoms with Gasteiger partial charge in [-0.2, -0.15) is 0 Å². The number of hydrogen-bond donors (Lipinski definition) is 1. The number of likely N-dealkylation sites (N-methyl/N-ethyl adjacent to an activating group) is 1. The minimum Gasteiger partial charge on any atom is -0.461 e. The Bertz CT molecular complexity index is 507. The summed E-state index contributed by atoms with van der Waals surface area (Å²) in [4.78, 5) is 0. The minimum absolute atomic E-state index is 0.0686. The smallest absolute Gasteiger partial charge is 0.172 e. The number of hydrogen-bond acceptors (Lipinski definition) is 2. The molecule has 1 heterocycles. The Morgan fingerprint density at radius 2 is 2.06 bits per heavy atom. The molecular formula is C12H13F2NO. The first-order valence-corrected chi connectivity index (χ1v) is 5.14. The summed E-state index contributed by atoms with van der Waals surface area (Å²) in [5.74, 6) is -1.22. The zero-order valence-electron chi connectivity index (χ0n) is 9.18. The van der Waals surface area contributed by atoms with Gasteiger partial charge in [-0.25, -0.2) is 8.78 Å². The maximum Gasteiger partial charge on any atom is 0.172 e. The van der Waals surface area contributed by atoms with Crippen molar-refractivity contribution in [3.63, 3.8) is 0 Å². The quantitative estimate of drug-likeness (QED) is 0.868. The van der Waals surface area contributed by atoms with E-state index in [2.05, 4.69) is 5.32 Å². The summed E-state index contributed by atoms with van der Waals surface area (Å²) in [7, 11) is 1.84. The highest BCUT2D eigenvalue weighted by Gasteiger charge is 2.13. The molecule has 0 amide bonds. The van der Waals surface area contributed by atoms with Crippen LogP contribution in [0.25, 0.3) is 11.0 Å². The molecule has 86 valence electrons. The van der Waals surface area contributed by atoms with Gasteiger partial charge in [0.2, 0.25) is 0 Å². The lowest BCUT2D eigenvalue weighted by Gasteiger charge is -2.09. The average Bonchev–Trinajstić information content (AvgIpc) is 2.60. The Labute approximate surface area is 92.2 Å². The Morgan fingerprint density at radius 1 is 1.31 bits per heavy atom. The van der Waals surface area contributed by atoms with Gasteiger partial charge in [0.25, 0.3) is 0 Å². The molecule has 0 saturated heterocycles. The first kappa shape index (κ1) is 11.1. The van der Waals surface area contributed by atoms with E-state index < -0.39 is 11.6 Å². The van der Waals surface area contributed by atoms with Gasteiger partial charge in [-0.3, -0.25) is 0 Å². The molecule has 0 aliphatic rings. The van der Waals surface area contributed by atoms with Gasteiger partial charge in [0.15, 0.2) is 5.82 Å². The summed E-state index contributed by atoms with van der Waals surface area (Å²) in [6, 6.07) is 3.26. The highest BCUT2D eigenvalue weighted by atomic mass is 19.1. The first-order chi connectivity index (χ1) is 7.61.